The van der Waals surface area contributed by atoms with Gasteiger partial charge in [0.1, 0.15) is 5.75 Å². The van der Waals surface area contributed by atoms with Crippen LogP contribution in [0.5, 0.6) is 5.75 Å². The van der Waals surface area contributed by atoms with E-state index in [0.29, 0.717) is 70.2 Å². The molecule has 1 saturated heterocycles. The van der Waals surface area contributed by atoms with Gasteiger partial charge in [-0.15, -0.1) is 0 Å². The third-order valence-electron chi connectivity index (χ3n) is 5.66. The van der Waals surface area contributed by atoms with Crippen molar-refractivity contribution < 1.29 is 27.5 Å². The van der Waals surface area contributed by atoms with Gasteiger partial charge in [-0.2, -0.15) is 4.31 Å². The molecule has 1 N–H and O–H groups in total. The van der Waals surface area contributed by atoms with E-state index in [1.165, 1.54) is 22.5 Å². The van der Waals surface area contributed by atoms with E-state index in [2.05, 4.69) is 10.2 Å². The summed E-state index contributed by atoms with van der Waals surface area (Å²) < 4.78 is 38.8. The van der Waals surface area contributed by atoms with E-state index in [4.69, 9.17) is 9.47 Å². The Kier molecular flexibility index (Phi) is 9.64. The number of piperazine rings is 1. The molecule has 10 heteroatoms. The Morgan fingerprint density at radius 2 is 1.71 bits per heavy atom. The van der Waals surface area contributed by atoms with Gasteiger partial charge in [-0.1, -0.05) is 18.2 Å². The summed E-state index contributed by atoms with van der Waals surface area (Å²) in [6, 6.07) is 13.3. The number of sulfonamides is 1. The smallest absolute Gasteiger partial charge is 0.338 e. The summed E-state index contributed by atoms with van der Waals surface area (Å²) in [7, 11) is -3.75. The fourth-order valence-corrected chi connectivity index (χ4v) is 5.29. The summed E-state index contributed by atoms with van der Waals surface area (Å²) in [6.45, 7) is 7.25. The standard InChI is InChI=1S/C25H33N3O6S/c1-3-26-24(29)22-19-21(11-12-23(22)33-4-2)35(31,32)28-16-14-27(15-17-28)13-8-18-34-25(30)20-9-6-5-7-10-20/h5-7,9-12,19H,3-4,8,13-18H2,1-2H3,(H,26,29). The van der Waals surface area contributed by atoms with Gasteiger partial charge in [0, 0.05) is 39.3 Å². The maximum absolute atomic E-state index is 13.2. The molecule has 1 heterocycles. The second-order valence-electron chi connectivity index (χ2n) is 8.05. The van der Waals surface area contributed by atoms with Crippen LogP contribution in [0.1, 0.15) is 41.0 Å². The van der Waals surface area contributed by atoms with E-state index in [0.717, 1.165) is 0 Å². The highest BCUT2D eigenvalue weighted by atomic mass is 32.2. The molecule has 0 atom stereocenters. The summed E-state index contributed by atoms with van der Waals surface area (Å²) >= 11 is 0. The number of carbonyl (C=O) groups excluding carboxylic acids is 2. The number of nitrogens with zero attached hydrogens (tertiary/aromatic N) is 2. The van der Waals surface area contributed by atoms with Gasteiger partial charge in [0.25, 0.3) is 5.91 Å². The second kappa shape index (κ2) is 12.7. The van der Waals surface area contributed by atoms with E-state index in [1.54, 1.807) is 38.1 Å². The highest BCUT2D eigenvalue weighted by Gasteiger charge is 2.29. The van der Waals surface area contributed by atoms with Crippen LogP contribution in [-0.2, 0) is 14.8 Å². The van der Waals surface area contributed by atoms with Gasteiger partial charge in [0.2, 0.25) is 10.0 Å². The lowest BCUT2D eigenvalue weighted by Gasteiger charge is -2.34. The van der Waals surface area contributed by atoms with Gasteiger partial charge in [-0.3, -0.25) is 4.79 Å². The number of hydrogen-bond acceptors (Lipinski definition) is 7. The summed E-state index contributed by atoms with van der Waals surface area (Å²) in [6.07, 6.45) is 0.667. The van der Waals surface area contributed by atoms with Crippen LogP contribution < -0.4 is 10.1 Å². The van der Waals surface area contributed by atoms with Crippen molar-refractivity contribution in [3.05, 3.63) is 59.7 Å². The van der Waals surface area contributed by atoms with Crippen LogP contribution in [0.2, 0.25) is 0 Å². The lowest BCUT2D eigenvalue weighted by Crippen LogP contribution is -2.48. The Morgan fingerprint density at radius 1 is 1.00 bits per heavy atom. The molecule has 0 bridgehead atoms. The largest absolute Gasteiger partial charge is 0.493 e. The molecular formula is C25H33N3O6S. The minimum absolute atomic E-state index is 0.0727. The lowest BCUT2D eigenvalue weighted by atomic mass is 10.2. The first kappa shape index (κ1) is 26.7. The molecule has 1 fully saturated rings. The molecule has 0 radical (unpaired) electrons. The molecule has 0 spiro atoms. The van der Waals surface area contributed by atoms with Crippen molar-refractivity contribution in [1.29, 1.82) is 0 Å². The molecule has 0 unspecified atom stereocenters. The number of rotatable bonds is 11. The predicted octanol–water partition coefficient (Wildman–Crippen LogP) is 2.39. The number of benzene rings is 2. The van der Waals surface area contributed by atoms with Crippen LogP contribution in [-0.4, -0.2) is 82.0 Å². The number of carbonyl (C=O) groups is 2. The first-order valence-electron chi connectivity index (χ1n) is 11.9. The molecule has 3 rings (SSSR count). The molecule has 190 valence electrons. The van der Waals surface area contributed by atoms with Crippen LogP contribution in [0.4, 0.5) is 0 Å². The number of amides is 1. The molecule has 1 aliphatic heterocycles. The van der Waals surface area contributed by atoms with Gasteiger partial charge < -0.3 is 19.7 Å². The monoisotopic (exact) mass is 503 g/mol. The van der Waals surface area contributed by atoms with Gasteiger partial charge in [-0.05, 0) is 50.6 Å². The molecule has 2 aromatic carbocycles. The van der Waals surface area contributed by atoms with Crippen LogP contribution >= 0.6 is 0 Å². The Bertz CT molecular complexity index is 1100. The Balaban J connectivity index is 1.53. The summed E-state index contributed by atoms with van der Waals surface area (Å²) in [5.74, 6) is -0.357. The Labute approximate surface area is 207 Å². The van der Waals surface area contributed by atoms with Crippen molar-refractivity contribution in [2.75, 3.05) is 52.5 Å². The number of nitrogens with one attached hydrogen (secondary N) is 1. The van der Waals surface area contributed by atoms with Crippen molar-refractivity contribution in [3.63, 3.8) is 0 Å². The molecule has 35 heavy (non-hydrogen) atoms. The van der Waals surface area contributed by atoms with E-state index in [9.17, 15) is 18.0 Å². The number of ether oxygens (including phenoxy) is 2. The van der Waals surface area contributed by atoms with Crippen LogP contribution in [0.3, 0.4) is 0 Å². The molecular weight excluding hydrogens is 470 g/mol. The molecule has 0 aromatic heterocycles. The van der Waals surface area contributed by atoms with Crippen LogP contribution in [0, 0.1) is 0 Å². The van der Waals surface area contributed by atoms with Crippen molar-refractivity contribution in [2.24, 2.45) is 0 Å². The maximum atomic E-state index is 13.2. The quantitative estimate of drug-likeness (QED) is 0.371. The zero-order chi connectivity index (χ0) is 25.3. The second-order valence-corrected chi connectivity index (χ2v) is 9.99. The van der Waals surface area contributed by atoms with Gasteiger partial charge in [-0.25, -0.2) is 13.2 Å². The zero-order valence-electron chi connectivity index (χ0n) is 20.2. The average Bonchev–Trinajstić information content (AvgIpc) is 2.87. The predicted molar refractivity (Wildman–Crippen MR) is 132 cm³/mol. The van der Waals surface area contributed by atoms with Crippen LogP contribution in [0.15, 0.2) is 53.4 Å². The zero-order valence-corrected chi connectivity index (χ0v) is 21.1. The van der Waals surface area contributed by atoms with Crippen molar-refractivity contribution in [1.82, 2.24) is 14.5 Å². The minimum Gasteiger partial charge on any atom is -0.493 e. The van der Waals surface area contributed by atoms with Gasteiger partial charge >= 0.3 is 5.97 Å². The summed E-state index contributed by atoms with van der Waals surface area (Å²) in [5, 5.41) is 2.70. The normalized spacial score (nSPS) is 14.9. The molecule has 0 aliphatic carbocycles. The molecule has 9 nitrogen and oxygen atoms in total. The van der Waals surface area contributed by atoms with E-state index >= 15 is 0 Å². The fraction of sp³-hybridized carbons (Fsp3) is 0.440. The summed E-state index contributed by atoms with van der Waals surface area (Å²) in [5.41, 5.74) is 0.731. The molecule has 0 saturated carbocycles. The van der Waals surface area contributed by atoms with E-state index < -0.39 is 10.0 Å². The number of hydrogen-bond donors (Lipinski definition) is 1. The van der Waals surface area contributed by atoms with Gasteiger partial charge in [0.15, 0.2) is 0 Å². The molecule has 1 amide bonds. The Hall–Kier alpha value is -2.95. The minimum atomic E-state index is -3.75. The van der Waals surface area contributed by atoms with Crippen molar-refractivity contribution in [2.45, 2.75) is 25.2 Å². The SMILES string of the molecule is CCNC(=O)c1cc(S(=O)(=O)N2CCN(CCCOC(=O)c3ccccc3)CC2)ccc1OCC. The van der Waals surface area contributed by atoms with Crippen LogP contribution in [0.25, 0.3) is 0 Å². The first-order valence-corrected chi connectivity index (χ1v) is 13.3. The first-order chi connectivity index (χ1) is 16.9. The highest BCUT2D eigenvalue weighted by Crippen LogP contribution is 2.25. The lowest BCUT2D eigenvalue weighted by molar-refractivity contribution is 0.0482. The fourth-order valence-electron chi connectivity index (χ4n) is 3.84. The average molecular weight is 504 g/mol. The number of esters is 1. The molecule has 1 aliphatic rings. The third kappa shape index (κ3) is 7.03. The Morgan fingerprint density at radius 3 is 2.37 bits per heavy atom. The summed E-state index contributed by atoms with van der Waals surface area (Å²) in [4.78, 5) is 26.7. The maximum Gasteiger partial charge on any atom is 0.338 e. The van der Waals surface area contributed by atoms with Gasteiger partial charge in [0.05, 0.1) is 29.2 Å². The highest BCUT2D eigenvalue weighted by molar-refractivity contribution is 7.89. The molecule has 2 aromatic rings. The third-order valence-corrected chi connectivity index (χ3v) is 7.56. The van der Waals surface area contributed by atoms with Crippen molar-refractivity contribution in [3.8, 4) is 5.75 Å². The van der Waals surface area contributed by atoms with E-state index in [1.807, 2.05) is 6.07 Å². The topological polar surface area (TPSA) is 105 Å². The van der Waals surface area contributed by atoms with Crippen molar-refractivity contribution >= 4 is 21.9 Å². The van der Waals surface area contributed by atoms with E-state index in [-0.39, 0.29) is 22.3 Å².